The van der Waals surface area contributed by atoms with Gasteiger partial charge >= 0.3 is 18.0 Å². The molecule has 0 radical (unpaired) electrons. The van der Waals surface area contributed by atoms with Crippen molar-refractivity contribution >= 4 is 59.2 Å². The van der Waals surface area contributed by atoms with Crippen molar-refractivity contribution in [3.05, 3.63) is 0 Å². The molecule has 13 heteroatoms. The summed E-state index contributed by atoms with van der Waals surface area (Å²) in [4.78, 5) is 52.1. The van der Waals surface area contributed by atoms with Gasteiger partial charge in [-0.1, -0.05) is 0 Å². The van der Waals surface area contributed by atoms with Gasteiger partial charge in [0.25, 0.3) is 0 Å². The van der Waals surface area contributed by atoms with Crippen molar-refractivity contribution < 1.29 is 38.5 Å². The van der Waals surface area contributed by atoms with E-state index in [1.807, 2.05) is 18.8 Å². The standard InChI is InChI=1S/C23H40N2O8S3/c1-10-31-17(27)22(25-14(3)26,18(28)32-11-2)15-12-21(30,23(34-7,35-8)36-9)13-16(15)24-19(29)33-20(4,5)6/h15-16,30H,10-13H2,1-9H3,(H,24,29)(H,25,26). The lowest BCUT2D eigenvalue weighted by Gasteiger charge is -2.42. The second-order valence-electron chi connectivity index (χ2n) is 9.40. The van der Waals surface area contributed by atoms with Gasteiger partial charge in [0.15, 0.2) is 0 Å². The smallest absolute Gasteiger partial charge is 0.407 e. The number of carbonyl (C=O) groups is 4. The van der Waals surface area contributed by atoms with Crippen molar-refractivity contribution in [1.29, 1.82) is 0 Å². The summed E-state index contributed by atoms with van der Waals surface area (Å²) in [6.45, 7) is 9.29. The number of rotatable bonds is 11. The van der Waals surface area contributed by atoms with Crippen LogP contribution >= 0.6 is 35.3 Å². The zero-order valence-electron chi connectivity index (χ0n) is 22.5. The van der Waals surface area contributed by atoms with E-state index < -0.39 is 56.1 Å². The number of hydrogen-bond donors (Lipinski definition) is 3. The van der Waals surface area contributed by atoms with Gasteiger partial charge < -0.3 is 30.0 Å². The van der Waals surface area contributed by atoms with Gasteiger partial charge in [-0.25, -0.2) is 14.4 Å². The first kappa shape index (κ1) is 32.7. The predicted octanol–water partition coefficient (Wildman–Crippen LogP) is 2.76. The number of alkyl carbamates (subject to hydrolysis) is 1. The molecule has 3 unspecified atom stereocenters. The lowest BCUT2D eigenvalue weighted by atomic mass is 9.79. The molecular formula is C23H40N2O8S3. The van der Waals surface area contributed by atoms with Crippen LogP contribution in [0.5, 0.6) is 0 Å². The highest BCUT2D eigenvalue weighted by Crippen LogP contribution is 2.59. The minimum atomic E-state index is -2.30. The molecule has 0 spiro atoms. The average Bonchev–Trinajstić information content (AvgIpc) is 3.09. The van der Waals surface area contributed by atoms with Gasteiger partial charge in [-0.3, -0.25) is 4.79 Å². The first-order valence-corrected chi connectivity index (χ1v) is 15.3. The van der Waals surface area contributed by atoms with Crippen LogP contribution in [0.25, 0.3) is 0 Å². The number of aliphatic hydroxyl groups is 1. The summed E-state index contributed by atoms with van der Waals surface area (Å²) in [6, 6.07) is -0.948. The monoisotopic (exact) mass is 568 g/mol. The Morgan fingerprint density at radius 1 is 0.944 bits per heavy atom. The molecule has 1 saturated carbocycles. The zero-order valence-corrected chi connectivity index (χ0v) is 25.0. The molecule has 208 valence electrons. The third-order valence-corrected chi connectivity index (χ3v) is 11.6. The molecule has 0 aromatic rings. The maximum absolute atomic E-state index is 13.5. The summed E-state index contributed by atoms with van der Waals surface area (Å²) in [5, 5.41) is 17.3. The number of amides is 2. The van der Waals surface area contributed by atoms with Gasteiger partial charge in [-0.15, -0.1) is 35.3 Å². The fraction of sp³-hybridized carbons (Fsp3) is 0.826. The van der Waals surface area contributed by atoms with Crippen molar-refractivity contribution in [2.45, 2.75) is 80.6 Å². The van der Waals surface area contributed by atoms with Crippen LogP contribution in [-0.2, 0) is 28.6 Å². The third kappa shape index (κ3) is 6.96. The molecule has 0 aromatic carbocycles. The highest BCUT2D eigenvalue weighted by Gasteiger charge is 2.67. The van der Waals surface area contributed by atoms with Crippen LogP contribution in [0.15, 0.2) is 0 Å². The van der Waals surface area contributed by atoms with Crippen LogP contribution in [-0.4, -0.2) is 87.2 Å². The normalized spacial score (nSPS) is 22.5. The zero-order chi connectivity index (χ0) is 27.9. The molecule has 1 aliphatic rings. The van der Waals surface area contributed by atoms with Crippen LogP contribution in [0.4, 0.5) is 4.79 Å². The minimum absolute atomic E-state index is 0.0143. The fourth-order valence-electron chi connectivity index (χ4n) is 4.58. The predicted molar refractivity (Wildman–Crippen MR) is 144 cm³/mol. The molecule has 1 aliphatic carbocycles. The quantitative estimate of drug-likeness (QED) is 0.147. The van der Waals surface area contributed by atoms with Gasteiger partial charge in [0.05, 0.1) is 13.2 Å². The lowest BCUT2D eigenvalue weighted by Crippen LogP contribution is -2.68. The van der Waals surface area contributed by atoms with Gasteiger partial charge in [-0.05, 0) is 66.2 Å². The van der Waals surface area contributed by atoms with E-state index in [1.54, 1.807) is 34.6 Å². The number of ether oxygens (including phenoxy) is 3. The molecule has 0 aromatic heterocycles. The Morgan fingerprint density at radius 3 is 1.78 bits per heavy atom. The Balaban J connectivity index is 3.81. The Bertz CT molecular complexity index is 789. The van der Waals surface area contributed by atoms with Crippen molar-refractivity contribution in [3.63, 3.8) is 0 Å². The van der Waals surface area contributed by atoms with Crippen LogP contribution in [0.1, 0.15) is 54.4 Å². The molecule has 1 fully saturated rings. The Morgan fingerprint density at radius 2 is 1.42 bits per heavy atom. The fourth-order valence-corrected chi connectivity index (χ4v) is 8.22. The SMILES string of the molecule is CCOC(=O)C(NC(C)=O)(C(=O)OCC)C1CC(O)(C(SC)(SC)SC)CC1NC(=O)OC(C)(C)C. The van der Waals surface area contributed by atoms with Crippen molar-refractivity contribution in [1.82, 2.24) is 10.6 Å². The van der Waals surface area contributed by atoms with E-state index in [0.29, 0.717) is 0 Å². The van der Waals surface area contributed by atoms with Gasteiger partial charge in [-0.2, -0.15) is 0 Å². The van der Waals surface area contributed by atoms with Crippen molar-refractivity contribution in [2.75, 3.05) is 32.0 Å². The van der Waals surface area contributed by atoms with E-state index in [4.69, 9.17) is 14.2 Å². The van der Waals surface area contributed by atoms with Gasteiger partial charge in [0.1, 0.15) is 14.6 Å². The maximum Gasteiger partial charge on any atom is 0.407 e. The van der Waals surface area contributed by atoms with E-state index in [2.05, 4.69) is 10.6 Å². The summed E-state index contributed by atoms with van der Waals surface area (Å²) in [6.07, 6.45) is 4.65. The maximum atomic E-state index is 13.5. The molecule has 2 amide bonds. The van der Waals surface area contributed by atoms with Crippen LogP contribution < -0.4 is 10.6 Å². The van der Waals surface area contributed by atoms with Gasteiger partial charge in [0.2, 0.25) is 11.4 Å². The Kier molecular flexibility index (Phi) is 11.8. The molecule has 3 atom stereocenters. The number of hydrogen-bond acceptors (Lipinski definition) is 11. The summed E-state index contributed by atoms with van der Waals surface area (Å²) in [5.41, 5.74) is -4.59. The Labute approximate surface area is 226 Å². The molecule has 0 aliphatic heterocycles. The number of thioether (sulfide) groups is 3. The summed E-state index contributed by atoms with van der Waals surface area (Å²) in [5.74, 6) is -3.82. The van der Waals surface area contributed by atoms with Crippen LogP contribution in [0.3, 0.4) is 0 Å². The first-order chi connectivity index (χ1) is 16.6. The molecule has 1 rings (SSSR count). The van der Waals surface area contributed by atoms with E-state index in [9.17, 15) is 24.3 Å². The highest BCUT2D eigenvalue weighted by atomic mass is 32.3. The summed E-state index contributed by atoms with van der Waals surface area (Å²) >= 11 is 4.26. The molecule has 0 saturated heterocycles. The second kappa shape index (κ2) is 13.0. The lowest BCUT2D eigenvalue weighted by molar-refractivity contribution is -0.172. The number of nitrogens with one attached hydrogen (secondary N) is 2. The molecule has 3 N–H and O–H groups in total. The highest BCUT2D eigenvalue weighted by molar-refractivity contribution is 8.33. The van der Waals surface area contributed by atoms with Gasteiger partial charge in [0, 0.05) is 18.9 Å². The van der Waals surface area contributed by atoms with E-state index >= 15 is 0 Å². The molecular weight excluding hydrogens is 528 g/mol. The average molecular weight is 569 g/mol. The third-order valence-electron chi connectivity index (χ3n) is 5.80. The van der Waals surface area contributed by atoms with Crippen molar-refractivity contribution in [3.8, 4) is 0 Å². The largest absolute Gasteiger partial charge is 0.464 e. The summed E-state index contributed by atoms with van der Waals surface area (Å²) < 4.78 is 15.1. The van der Waals surface area contributed by atoms with E-state index in [0.717, 1.165) is 0 Å². The minimum Gasteiger partial charge on any atom is -0.464 e. The Hall–Kier alpha value is -1.31. The topological polar surface area (TPSA) is 140 Å². The van der Waals surface area contributed by atoms with E-state index in [-0.39, 0.29) is 26.1 Å². The van der Waals surface area contributed by atoms with E-state index in [1.165, 1.54) is 42.2 Å². The number of carbonyl (C=O) groups excluding carboxylic acids is 4. The molecule has 0 bridgehead atoms. The first-order valence-electron chi connectivity index (χ1n) is 11.6. The van der Waals surface area contributed by atoms with Crippen molar-refractivity contribution in [2.24, 2.45) is 5.92 Å². The van der Waals surface area contributed by atoms with Crippen LogP contribution in [0, 0.1) is 5.92 Å². The number of esters is 2. The molecule has 10 nitrogen and oxygen atoms in total. The molecule has 0 heterocycles. The molecule has 36 heavy (non-hydrogen) atoms. The van der Waals surface area contributed by atoms with Crippen LogP contribution in [0.2, 0.25) is 0 Å². The second-order valence-corrected chi connectivity index (χ2v) is 13.2. The summed E-state index contributed by atoms with van der Waals surface area (Å²) in [7, 11) is 0.